The number of ether oxygens (including phenoxy) is 4. The Morgan fingerprint density at radius 1 is 0.968 bits per heavy atom. The molecule has 10 heteroatoms. The van der Waals surface area contributed by atoms with Crippen molar-refractivity contribution in [3.8, 4) is 17.2 Å². The Labute approximate surface area is 181 Å². The molecule has 0 radical (unpaired) electrons. The number of carbonyl (C=O) groups is 1. The minimum absolute atomic E-state index is 0.111. The zero-order chi connectivity index (χ0) is 22.1. The van der Waals surface area contributed by atoms with Crippen LogP contribution in [0.5, 0.6) is 17.2 Å². The van der Waals surface area contributed by atoms with Gasteiger partial charge in [-0.25, -0.2) is 8.42 Å². The van der Waals surface area contributed by atoms with E-state index in [1.54, 1.807) is 43.5 Å². The summed E-state index contributed by atoms with van der Waals surface area (Å²) < 4.78 is 47.8. The van der Waals surface area contributed by atoms with Gasteiger partial charge in [0, 0.05) is 13.1 Å². The molecule has 31 heavy (non-hydrogen) atoms. The predicted molar refractivity (Wildman–Crippen MR) is 113 cm³/mol. The van der Waals surface area contributed by atoms with E-state index in [4.69, 9.17) is 18.9 Å². The standard InChI is InChI=1S/C21H26N2O7S/c1-27-17-2-4-19(5-3-17)30-16-21(24)22-10-13-29-18-6-8-20(9-7-18)31(25,26)23-11-14-28-15-12-23/h2-9H,10-16H2,1H3,(H,22,24). The molecule has 1 saturated heterocycles. The van der Waals surface area contributed by atoms with E-state index in [0.29, 0.717) is 50.1 Å². The summed E-state index contributed by atoms with van der Waals surface area (Å²) in [5.41, 5.74) is 0. The molecule has 0 aliphatic carbocycles. The van der Waals surface area contributed by atoms with Crippen molar-refractivity contribution >= 4 is 15.9 Å². The second kappa shape index (κ2) is 11.0. The number of rotatable bonds is 10. The first kappa shape index (κ1) is 22.9. The average molecular weight is 451 g/mol. The maximum Gasteiger partial charge on any atom is 0.258 e. The summed E-state index contributed by atoms with van der Waals surface area (Å²) >= 11 is 0. The van der Waals surface area contributed by atoms with E-state index >= 15 is 0 Å². The molecule has 168 valence electrons. The molecule has 0 saturated carbocycles. The number of benzene rings is 2. The van der Waals surface area contributed by atoms with Crippen molar-refractivity contribution in [1.82, 2.24) is 9.62 Å². The number of nitrogens with one attached hydrogen (secondary N) is 1. The van der Waals surface area contributed by atoms with E-state index in [2.05, 4.69) is 5.32 Å². The smallest absolute Gasteiger partial charge is 0.258 e. The maximum atomic E-state index is 12.6. The lowest BCUT2D eigenvalue weighted by Gasteiger charge is -2.26. The minimum Gasteiger partial charge on any atom is -0.497 e. The lowest BCUT2D eigenvalue weighted by atomic mass is 10.3. The summed E-state index contributed by atoms with van der Waals surface area (Å²) in [6.07, 6.45) is 0. The van der Waals surface area contributed by atoms with Crippen molar-refractivity contribution in [3.05, 3.63) is 48.5 Å². The lowest BCUT2D eigenvalue weighted by molar-refractivity contribution is -0.123. The van der Waals surface area contributed by atoms with Gasteiger partial charge in [-0.05, 0) is 48.5 Å². The number of hydrogen-bond acceptors (Lipinski definition) is 7. The molecule has 0 aromatic heterocycles. The molecule has 1 aliphatic rings. The van der Waals surface area contributed by atoms with E-state index in [0.717, 1.165) is 0 Å². The second-order valence-electron chi connectivity index (χ2n) is 6.65. The van der Waals surface area contributed by atoms with E-state index in [9.17, 15) is 13.2 Å². The molecule has 0 unspecified atom stereocenters. The van der Waals surface area contributed by atoms with Gasteiger partial charge in [-0.15, -0.1) is 0 Å². The predicted octanol–water partition coefficient (Wildman–Crippen LogP) is 1.29. The van der Waals surface area contributed by atoms with Crippen LogP contribution in [0.25, 0.3) is 0 Å². The van der Waals surface area contributed by atoms with Crippen molar-refractivity contribution in [2.75, 3.05) is 53.2 Å². The van der Waals surface area contributed by atoms with Crippen molar-refractivity contribution in [1.29, 1.82) is 0 Å². The fourth-order valence-electron chi connectivity index (χ4n) is 2.88. The van der Waals surface area contributed by atoms with E-state index < -0.39 is 10.0 Å². The van der Waals surface area contributed by atoms with Gasteiger partial charge in [-0.3, -0.25) is 4.79 Å². The molecule has 1 heterocycles. The van der Waals surface area contributed by atoms with E-state index in [-0.39, 0.29) is 24.0 Å². The number of nitrogens with zero attached hydrogens (tertiary/aromatic N) is 1. The third-order valence-corrected chi connectivity index (χ3v) is 6.47. The monoisotopic (exact) mass is 450 g/mol. The van der Waals surface area contributed by atoms with Crippen LogP contribution >= 0.6 is 0 Å². The van der Waals surface area contributed by atoms with Gasteiger partial charge in [-0.1, -0.05) is 0 Å². The Hall–Kier alpha value is -2.82. The van der Waals surface area contributed by atoms with Crippen LogP contribution in [-0.4, -0.2) is 71.8 Å². The molecule has 1 amide bonds. The van der Waals surface area contributed by atoms with Crippen molar-refractivity contribution in [3.63, 3.8) is 0 Å². The van der Waals surface area contributed by atoms with Gasteiger partial charge in [0.2, 0.25) is 10.0 Å². The van der Waals surface area contributed by atoms with Gasteiger partial charge in [0.05, 0.1) is 31.8 Å². The molecule has 2 aromatic carbocycles. The van der Waals surface area contributed by atoms with Crippen LogP contribution in [0.2, 0.25) is 0 Å². The number of sulfonamides is 1. The third-order valence-electron chi connectivity index (χ3n) is 4.55. The highest BCUT2D eigenvalue weighted by atomic mass is 32.2. The number of morpholine rings is 1. The average Bonchev–Trinajstić information content (AvgIpc) is 2.81. The summed E-state index contributed by atoms with van der Waals surface area (Å²) in [5, 5.41) is 2.70. The summed E-state index contributed by atoms with van der Waals surface area (Å²) in [6.45, 7) is 1.92. The summed E-state index contributed by atoms with van der Waals surface area (Å²) in [5.74, 6) is 1.52. The Morgan fingerprint density at radius 2 is 1.55 bits per heavy atom. The summed E-state index contributed by atoms with van der Waals surface area (Å²) in [7, 11) is -1.95. The molecule has 2 aromatic rings. The first-order valence-corrected chi connectivity index (χ1v) is 11.3. The second-order valence-corrected chi connectivity index (χ2v) is 8.59. The fourth-order valence-corrected chi connectivity index (χ4v) is 4.28. The quantitative estimate of drug-likeness (QED) is 0.544. The summed E-state index contributed by atoms with van der Waals surface area (Å²) in [4.78, 5) is 12.1. The van der Waals surface area contributed by atoms with Crippen LogP contribution in [0.1, 0.15) is 0 Å². The van der Waals surface area contributed by atoms with Crippen LogP contribution in [0.3, 0.4) is 0 Å². The number of hydrogen-bond donors (Lipinski definition) is 1. The molecule has 1 aliphatic heterocycles. The minimum atomic E-state index is -3.53. The van der Waals surface area contributed by atoms with Gasteiger partial charge in [0.25, 0.3) is 5.91 Å². The van der Waals surface area contributed by atoms with Gasteiger partial charge in [-0.2, -0.15) is 4.31 Å². The van der Waals surface area contributed by atoms with E-state index in [1.165, 1.54) is 16.4 Å². The van der Waals surface area contributed by atoms with Crippen molar-refractivity contribution < 1.29 is 32.2 Å². The van der Waals surface area contributed by atoms with E-state index in [1.807, 2.05) is 0 Å². The number of amides is 1. The van der Waals surface area contributed by atoms with Crippen molar-refractivity contribution in [2.24, 2.45) is 0 Å². The largest absolute Gasteiger partial charge is 0.497 e. The van der Waals surface area contributed by atoms with Crippen LogP contribution in [0.4, 0.5) is 0 Å². The number of carbonyl (C=O) groups excluding carboxylic acids is 1. The molecule has 0 bridgehead atoms. The Morgan fingerprint density at radius 3 is 2.19 bits per heavy atom. The maximum absolute atomic E-state index is 12.6. The highest BCUT2D eigenvalue weighted by molar-refractivity contribution is 7.89. The van der Waals surface area contributed by atoms with Gasteiger partial charge >= 0.3 is 0 Å². The zero-order valence-electron chi connectivity index (χ0n) is 17.3. The first-order chi connectivity index (χ1) is 15.0. The molecule has 0 spiro atoms. The van der Waals surface area contributed by atoms with Crippen LogP contribution < -0.4 is 19.5 Å². The zero-order valence-corrected chi connectivity index (χ0v) is 18.1. The SMILES string of the molecule is COc1ccc(OCC(=O)NCCOc2ccc(S(=O)(=O)N3CCOCC3)cc2)cc1. The van der Waals surface area contributed by atoms with Gasteiger partial charge in [0.15, 0.2) is 6.61 Å². The van der Waals surface area contributed by atoms with Gasteiger partial charge in [0.1, 0.15) is 23.9 Å². The molecule has 9 nitrogen and oxygen atoms in total. The fraction of sp³-hybridized carbons (Fsp3) is 0.381. The lowest BCUT2D eigenvalue weighted by Crippen LogP contribution is -2.40. The molecular weight excluding hydrogens is 424 g/mol. The first-order valence-electron chi connectivity index (χ1n) is 9.83. The molecule has 3 rings (SSSR count). The molecular formula is C21H26N2O7S. The topological polar surface area (TPSA) is 103 Å². The van der Waals surface area contributed by atoms with Crippen LogP contribution in [0, 0.1) is 0 Å². The van der Waals surface area contributed by atoms with Crippen molar-refractivity contribution in [2.45, 2.75) is 4.90 Å². The Bertz CT molecular complexity index is 941. The summed E-state index contributed by atoms with van der Waals surface area (Å²) in [6, 6.07) is 13.2. The normalized spacial score (nSPS) is 14.6. The molecule has 1 fully saturated rings. The molecule has 0 atom stereocenters. The number of methoxy groups -OCH3 is 1. The Balaban J connectivity index is 1.37. The van der Waals surface area contributed by atoms with Crippen LogP contribution in [0.15, 0.2) is 53.4 Å². The van der Waals surface area contributed by atoms with Crippen LogP contribution in [-0.2, 0) is 19.6 Å². The van der Waals surface area contributed by atoms with Gasteiger partial charge < -0.3 is 24.3 Å². The Kier molecular flexibility index (Phi) is 8.10. The highest BCUT2D eigenvalue weighted by Crippen LogP contribution is 2.20. The third kappa shape index (κ3) is 6.58. The molecule has 1 N–H and O–H groups in total. The highest BCUT2D eigenvalue weighted by Gasteiger charge is 2.26.